The Morgan fingerprint density at radius 1 is 1.46 bits per heavy atom. The summed E-state index contributed by atoms with van der Waals surface area (Å²) in [5.41, 5.74) is 0.310. The summed E-state index contributed by atoms with van der Waals surface area (Å²) < 4.78 is 20.7. The maximum atomic E-state index is 13.9. The Kier molecular flexibility index (Phi) is 5.80. The summed E-state index contributed by atoms with van der Waals surface area (Å²) >= 11 is 0. The molecule has 0 saturated carbocycles. The first-order valence-corrected chi connectivity index (χ1v) is 7.44. The molecule has 2 heterocycles. The number of halogens is 2. The van der Waals surface area contributed by atoms with Crippen LogP contribution in [-0.4, -0.2) is 47.1 Å². The number of benzene rings is 1. The third-order valence-electron chi connectivity index (χ3n) is 4.06. The van der Waals surface area contributed by atoms with Gasteiger partial charge >= 0.3 is 0 Å². The highest BCUT2D eigenvalue weighted by Gasteiger charge is 2.31. The van der Waals surface area contributed by atoms with Gasteiger partial charge in [0.2, 0.25) is 0 Å². The fourth-order valence-electron chi connectivity index (χ4n) is 2.84. The molecule has 0 bridgehead atoms. The van der Waals surface area contributed by atoms with E-state index in [1.54, 1.807) is 17.2 Å². The molecule has 1 unspecified atom stereocenters. The molecular formula is C16H20ClFN4O2. The van der Waals surface area contributed by atoms with Gasteiger partial charge in [-0.1, -0.05) is 0 Å². The molecule has 1 amide bonds. The molecule has 0 aliphatic carbocycles. The average molecular weight is 355 g/mol. The zero-order valence-electron chi connectivity index (χ0n) is 13.5. The van der Waals surface area contributed by atoms with Gasteiger partial charge < -0.3 is 19.5 Å². The topological polar surface area (TPSA) is 59.4 Å². The summed E-state index contributed by atoms with van der Waals surface area (Å²) in [6.07, 6.45) is 3.55. The molecule has 130 valence electrons. The second-order valence-electron chi connectivity index (χ2n) is 5.46. The van der Waals surface area contributed by atoms with Crippen LogP contribution in [0.25, 0.3) is 0 Å². The number of imidazole rings is 1. The number of piperazine rings is 1. The van der Waals surface area contributed by atoms with Gasteiger partial charge in [-0.2, -0.15) is 0 Å². The Morgan fingerprint density at radius 2 is 2.25 bits per heavy atom. The highest BCUT2D eigenvalue weighted by atomic mass is 35.5. The van der Waals surface area contributed by atoms with Crippen LogP contribution >= 0.6 is 12.4 Å². The van der Waals surface area contributed by atoms with Crippen LogP contribution in [-0.2, 0) is 7.05 Å². The van der Waals surface area contributed by atoms with E-state index < -0.39 is 5.82 Å². The molecule has 0 radical (unpaired) electrons. The fourth-order valence-corrected chi connectivity index (χ4v) is 2.84. The molecule has 1 atom stereocenters. The Morgan fingerprint density at radius 3 is 2.88 bits per heavy atom. The van der Waals surface area contributed by atoms with Gasteiger partial charge in [0.1, 0.15) is 11.9 Å². The number of aromatic nitrogens is 2. The van der Waals surface area contributed by atoms with Crippen molar-refractivity contribution in [2.75, 3.05) is 26.7 Å². The number of aryl methyl sites for hydroxylation is 1. The Bertz CT molecular complexity index is 722. The summed E-state index contributed by atoms with van der Waals surface area (Å²) in [5, 5.41) is 3.27. The standard InChI is InChI=1S/C16H19FN4O2.ClH/c1-20-7-6-19-15(20)13-10-18-5-8-21(13)16(22)11-3-4-14(23-2)12(17)9-11;/h3-4,6-7,9,13,18H,5,8,10H2,1-2H3;1H. The molecule has 0 spiro atoms. The van der Waals surface area contributed by atoms with Gasteiger partial charge in [-0.05, 0) is 18.2 Å². The van der Waals surface area contributed by atoms with E-state index in [9.17, 15) is 9.18 Å². The summed E-state index contributed by atoms with van der Waals surface area (Å²) in [6.45, 7) is 1.87. The normalized spacial score (nSPS) is 17.3. The van der Waals surface area contributed by atoms with E-state index in [4.69, 9.17) is 4.74 Å². The zero-order valence-corrected chi connectivity index (χ0v) is 14.3. The minimum atomic E-state index is -0.540. The first-order chi connectivity index (χ1) is 11.1. The molecule has 6 nitrogen and oxygen atoms in total. The summed E-state index contributed by atoms with van der Waals surface area (Å²) in [7, 11) is 3.29. The molecule has 8 heteroatoms. The number of ether oxygens (including phenoxy) is 1. The molecule has 1 aromatic heterocycles. The van der Waals surface area contributed by atoms with Gasteiger partial charge in [0, 0.05) is 44.6 Å². The quantitative estimate of drug-likeness (QED) is 0.912. The largest absolute Gasteiger partial charge is 0.494 e. The van der Waals surface area contributed by atoms with E-state index >= 15 is 0 Å². The van der Waals surface area contributed by atoms with Crippen molar-refractivity contribution in [3.05, 3.63) is 47.8 Å². The first-order valence-electron chi connectivity index (χ1n) is 7.44. The van der Waals surface area contributed by atoms with Gasteiger partial charge in [0.05, 0.1) is 7.11 Å². The van der Waals surface area contributed by atoms with E-state index in [0.29, 0.717) is 25.2 Å². The molecule has 1 aromatic carbocycles. The fraction of sp³-hybridized carbons (Fsp3) is 0.375. The van der Waals surface area contributed by atoms with Crippen molar-refractivity contribution in [3.63, 3.8) is 0 Å². The van der Waals surface area contributed by atoms with Crippen molar-refractivity contribution in [1.29, 1.82) is 0 Å². The zero-order chi connectivity index (χ0) is 16.4. The van der Waals surface area contributed by atoms with Crippen LogP contribution in [0.15, 0.2) is 30.6 Å². The number of nitrogens with one attached hydrogen (secondary N) is 1. The minimum Gasteiger partial charge on any atom is -0.494 e. The SMILES string of the molecule is COc1ccc(C(=O)N2CCNCC2c2nccn2C)cc1F.Cl. The molecule has 2 aromatic rings. The van der Waals surface area contributed by atoms with Crippen LogP contribution in [0.2, 0.25) is 0 Å². The predicted octanol–water partition coefficient (Wildman–Crippen LogP) is 1.78. The van der Waals surface area contributed by atoms with Crippen LogP contribution in [0.4, 0.5) is 4.39 Å². The molecule has 1 aliphatic heterocycles. The maximum Gasteiger partial charge on any atom is 0.254 e. The predicted molar refractivity (Wildman–Crippen MR) is 90.1 cm³/mol. The number of hydrogen-bond acceptors (Lipinski definition) is 4. The van der Waals surface area contributed by atoms with Crippen molar-refractivity contribution in [3.8, 4) is 5.75 Å². The number of amides is 1. The van der Waals surface area contributed by atoms with Gasteiger partial charge in [-0.3, -0.25) is 4.79 Å². The lowest BCUT2D eigenvalue weighted by molar-refractivity contribution is 0.0620. The van der Waals surface area contributed by atoms with Gasteiger partial charge in [-0.25, -0.2) is 9.37 Å². The summed E-state index contributed by atoms with van der Waals surface area (Å²) in [6, 6.07) is 4.10. The van der Waals surface area contributed by atoms with Crippen molar-refractivity contribution < 1.29 is 13.9 Å². The average Bonchev–Trinajstić information content (AvgIpc) is 3.00. The van der Waals surface area contributed by atoms with Gasteiger partial charge in [0.25, 0.3) is 5.91 Å². The van der Waals surface area contributed by atoms with E-state index in [0.717, 1.165) is 5.82 Å². The lowest BCUT2D eigenvalue weighted by atomic mass is 10.1. The summed E-state index contributed by atoms with van der Waals surface area (Å²) in [4.78, 5) is 18.9. The third kappa shape index (κ3) is 3.37. The Hall–Kier alpha value is -2.12. The maximum absolute atomic E-state index is 13.9. The second-order valence-corrected chi connectivity index (χ2v) is 5.46. The highest BCUT2D eigenvalue weighted by molar-refractivity contribution is 5.94. The van der Waals surface area contributed by atoms with Crippen LogP contribution < -0.4 is 10.1 Å². The van der Waals surface area contributed by atoms with E-state index in [2.05, 4.69) is 10.3 Å². The molecule has 3 rings (SSSR count). The third-order valence-corrected chi connectivity index (χ3v) is 4.06. The molecule has 1 aliphatic rings. The van der Waals surface area contributed by atoms with Crippen molar-refractivity contribution in [2.45, 2.75) is 6.04 Å². The molecule has 24 heavy (non-hydrogen) atoms. The van der Waals surface area contributed by atoms with E-state index in [1.165, 1.54) is 19.2 Å². The van der Waals surface area contributed by atoms with Gasteiger partial charge in [0.15, 0.2) is 11.6 Å². The number of carbonyl (C=O) groups is 1. The van der Waals surface area contributed by atoms with Crippen LogP contribution in [0.5, 0.6) is 5.75 Å². The number of carbonyl (C=O) groups excluding carboxylic acids is 1. The van der Waals surface area contributed by atoms with E-state index in [1.807, 2.05) is 17.8 Å². The number of hydrogen-bond donors (Lipinski definition) is 1. The molecule has 1 fully saturated rings. The minimum absolute atomic E-state index is 0. The first kappa shape index (κ1) is 18.2. The van der Waals surface area contributed by atoms with Crippen molar-refractivity contribution >= 4 is 18.3 Å². The van der Waals surface area contributed by atoms with Crippen molar-refractivity contribution in [2.24, 2.45) is 7.05 Å². The smallest absolute Gasteiger partial charge is 0.254 e. The Labute approximate surface area is 146 Å². The van der Waals surface area contributed by atoms with Crippen molar-refractivity contribution in [1.82, 2.24) is 19.8 Å². The lowest BCUT2D eigenvalue weighted by Crippen LogP contribution is -2.49. The summed E-state index contributed by atoms with van der Waals surface area (Å²) in [5.74, 6) is 0.185. The monoisotopic (exact) mass is 354 g/mol. The molecule has 1 N–H and O–H groups in total. The highest BCUT2D eigenvalue weighted by Crippen LogP contribution is 2.24. The lowest BCUT2D eigenvalue weighted by Gasteiger charge is -2.35. The van der Waals surface area contributed by atoms with E-state index in [-0.39, 0.29) is 30.1 Å². The molecular weight excluding hydrogens is 335 g/mol. The van der Waals surface area contributed by atoms with Crippen LogP contribution in [0.1, 0.15) is 22.2 Å². The number of rotatable bonds is 3. The van der Waals surface area contributed by atoms with Crippen LogP contribution in [0.3, 0.4) is 0 Å². The number of methoxy groups -OCH3 is 1. The Balaban J connectivity index is 0.00000208. The molecule has 1 saturated heterocycles. The van der Waals surface area contributed by atoms with Gasteiger partial charge in [-0.15, -0.1) is 12.4 Å². The number of nitrogens with zero attached hydrogens (tertiary/aromatic N) is 3. The van der Waals surface area contributed by atoms with Crippen LogP contribution in [0, 0.1) is 5.82 Å². The second kappa shape index (κ2) is 7.63.